The maximum absolute atomic E-state index is 12.0. The second kappa shape index (κ2) is 6.86. The molecule has 0 bridgehead atoms. The Morgan fingerprint density at radius 3 is 2.83 bits per heavy atom. The average Bonchev–Trinajstić information content (AvgIpc) is 2.36. The number of benzene rings is 1. The van der Waals surface area contributed by atoms with E-state index >= 15 is 0 Å². The van der Waals surface area contributed by atoms with E-state index < -0.39 is 0 Å². The minimum Gasteiger partial charge on any atom is -0.496 e. The third-order valence-corrected chi connectivity index (χ3v) is 2.47. The highest BCUT2D eigenvalue weighted by Crippen LogP contribution is 2.20. The summed E-state index contributed by atoms with van der Waals surface area (Å²) < 4.78 is 10.5. The Labute approximate surface area is 107 Å². The zero-order valence-electron chi connectivity index (χ0n) is 11.0. The summed E-state index contributed by atoms with van der Waals surface area (Å²) in [6.07, 6.45) is -0.0222. The molecular formula is C13H20N2O3. The molecule has 3 N–H and O–H groups in total. The Balaban J connectivity index is 2.68. The number of ether oxygens (including phenoxy) is 2. The van der Waals surface area contributed by atoms with Gasteiger partial charge in [0.15, 0.2) is 0 Å². The summed E-state index contributed by atoms with van der Waals surface area (Å²) in [5.74, 6) is 0.288. The standard InChI is InChI=1S/C13H20N2O3/c1-4-18-9(2)8-15-13(16)11-7-10(14)5-6-12(11)17-3/h5-7,9H,4,8,14H2,1-3H3,(H,15,16). The lowest BCUT2D eigenvalue weighted by atomic mass is 10.1. The first-order chi connectivity index (χ1) is 8.58. The maximum Gasteiger partial charge on any atom is 0.255 e. The van der Waals surface area contributed by atoms with Gasteiger partial charge in [0.2, 0.25) is 0 Å². The summed E-state index contributed by atoms with van der Waals surface area (Å²) in [4.78, 5) is 12.0. The molecule has 0 aliphatic rings. The van der Waals surface area contributed by atoms with Gasteiger partial charge >= 0.3 is 0 Å². The maximum atomic E-state index is 12.0. The highest BCUT2D eigenvalue weighted by Gasteiger charge is 2.13. The van der Waals surface area contributed by atoms with Crippen LogP contribution in [0, 0.1) is 0 Å². The third kappa shape index (κ3) is 3.92. The second-order valence-corrected chi connectivity index (χ2v) is 3.94. The molecule has 0 spiro atoms. The van der Waals surface area contributed by atoms with Crippen LogP contribution in [0.3, 0.4) is 0 Å². The molecule has 18 heavy (non-hydrogen) atoms. The monoisotopic (exact) mass is 252 g/mol. The van der Waals surface area contributed by atoms with Crippen LogP contribution in [-0.4, -0.2) is 32.3 Å². The summed E-state index contributed by atoms with van der Waals surface area (Å²) in [7, 11) is 1.52. The van der Waals surface area contributed by atoms with Gasteiger partial charge in [0.05, 0.1) is 18.8 Å². The number of hydrogen-bond donors (Lipinski definition) is 2. The Hall–Kier alpha value is -1.75. The molecule has 100 valence electrons. The zero-order valence-corrected chi connectivity index (χ0v) is 11.0. The molecule has 0 saturated heterocycles. The highest BCUT2D eigenvalue weighted by molar-refractivity contribution is 5.97. The molecule has 5 heteroatoms. The molecule has 1 atom stereocenters. The lowest BCUT2D eigenvalue weighted by Gasteiger charge is -2.14. The Bertz CT molecular complexity index is 407. The van der Waals surface area contributed by atoms with E-state index in [-0.39, 0.29) is 12.0 Å². The van der Waals surface area contributed by atoms with Crippen molar-refractivity contribution in [3.8, 4) is 5.75 Å². The van der Waals surface area contributed by atoms with Crippen LogP contribution in [0.5, 0.6) is 5.75 Å². The van der Waals surface area contributed by atoms with Crippen LogP contribution in [0.1, 0.15) is 24.2 Å². The third-order valence-electron chi connectivity index (χ3n) is 2.47. The largest absolute Gasteiger partial charge is 0.496 e. The lowest BCUT2D eigenvalue weighted by Crippen LogP contribution is -2.32. The van der Waals surface area contributed by atoms with Crippen LogP contribution in [0.2, 0.25) is 0 Å². The van der Waals surface area contributed by atoms with E-state index in [1.807, 2.05) is 13.8 Å². The number of amides is 1. The predicted octanol–water partition coefficient (Wildman–Crippen LogP) is 1.43. The fraction of sp³-hybridized carbons (Fsp3) is 0.462. The summed E-state index contributed by atoms with van der Waals surface area (Å²) in [5.41, 5.74) is 6.62. The first-order valence-corrected chi connectivity index (χ1v) is 5.91. The second-order valence-electron chi connectivity index (χ2n) is 3.94. The molecule has 5 nitrogen and oxygen atoms in total. The molecule has 0 aliphatic heterocycles. The highest BCUT2D eigenvalue weighted by atomic mass is 16.5. The van der Waals surface area contributed by atoms with Gasteiger partial charge in [-0.1, -0.05) is 0 Å². The normalized spacial score (nSPS) is 11.9. The van der Waals surface area contributed by atoms with Crippen LogP contribution in [-0.2, 0) is 4.74 Å². The number of rotatable bonds is 6. The number of carbonyl (C=O) groups excluding carboxylic acids is 1. The van der Waals surface area contributed by atoms with E-state index in [2.05, 4.69) is 5.32 Å². The van der Waals surface area contributed by atoms with Crippen LogP contribution < -0.4 is 15.8 Å². The number of anilines is 1. The van der Waals surface area contributed by atoms with Gasteiger partial charge in [-0.15, -0.1) is 0 Å². The Kier molecular flexibility index (Phi) is 5.45. The molecule has 0 fully saturated rings. The van der Waals surface area contributed by atoms with Crippen molar-refractivity contribution < 1.29 is 14.3 Å². The van der Waals surface area contributed by atoms with Crippen LogP contribution in [0.15, 0.2) is 18.2 Å². The van der Waals surface area contributed by atoms with Crippen molar-refractivity contribution in [1.29, 1.82) is 0 Å². The molecule has 0 radical (unpaired) electrons. The van der Waals surface area contributed by atoms with Gasteiger partial charge in [-0.3, -0.25) is 4.79 Å². The topological polar surface area (TPSA) is 73.6 Å². The summed E-state index contributed by atoms with van der Waals surface area (Å²) >= 11 is 0. The van der Waals surface area contributed by atoms with Gasteiger partial charge < -0.3 is 20.5 Å². The van der Waals surface area contributed by atoms with E-state index in [0.29, 0.717) is 30.2 Å². The molecule has 0 aromatic heterocycles. The number of methoxy groups -OCH3 is 1. The molecule has 0 heterocycles. The average molecular weight is 252 g/mol. The minimum absolute atomic E-state index is 0.0222. The number of hydrogen-bond acceptors (Lipinski definition) is 4. The number of nitrogens with one attached hydrogen (secondary N) is 1. The van der Waals surface area contributed by atoms with E-state index in [9.17, 15) is 4.79 Å². The molecular weight excluding hydrogens is 232 g/mol. The minimum atomic E-state index is -0.217. The zero-order chi connectivity index (χ0) is 13.5. The van der Waals surface area contributed by atoms with E-state index in [0.717, 1.165) is 0 Å². The number of nitrogen functional groups attached to an aromatic ring is 1. The van der Waals surface area contributed by atoms with Crippen molar-refractivity contribution in [3.05, 3.63) is 23.8 Å². The van der Waals surface area contributed by atoms with Crippen molar-refractivity contribution in [3.63, 3.8) is 0 Å². The first kappa shape index (κ1) is 14.3. The summed E-state index contributed by atoms with van der Waals surface area (Å²) in [6.45, 7) is 4.89. The van der Waals surface area contributed by atoms with E-state index in [1.54, 1.807) is 18.2 Å². The van der Waals surface area contributed by atoms with Crippen LogP contribution in [0.25, 0.3) is 0 Å². The van der Waals surface area contributed by atoms with Crippen LogP contribution >= 0.6 is 0 Å². The Morgan fingerprint density at radius 1 is 1.50 bits per heavy atom. The van der Waals surface area contributed by atoms with Gasteiger partial charge in [0.25, 0.3) is 5.91 Å². The molecule has 0 saturated carbocycles. The van der Waals surface area contributed by atoms with Gasteiger partial charge in [0, 0.05) is 18.8 Å². The van der Waals surface area contributed by atoms with Gasteiger partial charge in [0.1, 0.15) is 5.75 Å². The smallest absolute Gasteiger partial charge is 0.255 e. The number of nitrogens with two attached hydrogens (primary N) is 1. The molecule has 1 aromatic rings. The molecule has 1 rings (SSSR count). The van der Waals surface area contributed by atoms with Crippen molar-refractivity contribution in [1.82, 2.24) is 5.32 Å². The van der Waals surface area contributed by atoms with Gasteiger partial charge in [-0.2, -0.15) is 0 Å². The van der Waals surface area contributed by atoms with Crippen molar-refractivity contribution >= 4 is 11.6 Å². The fourth-order valence-corrected chi connectivity index (χ4v) is 1.58. The van der Waals surface area contributed by atoms with Crippen molar-refractivity contribution in [2.45, 2.75) is 20.0 Å². The first-order valence-electron chi connectivity index (χ1n) is 5.91. The Morgan fingerprint density at radius 2 is 2.22 bits per heavy atom. The lowest BCUT2D eigenvalue weighted by molar-refractivity contribution is 0.0694. The molecule has 1 amide bonds. The summed E-state index contributed by atoms with van der Waals surface area (Å²) in [6, 6.07) is 4.97. The molecule has 1 unspecified atom stereocenters. The SMILES string of the molecule is CCOC(C)CNC(=O)c1cc(N)ccc1OC. The quantitative estimate of drug-likeness (QED) is 0.751. The van der Waals surface area contributed by atoms with Crippen molar-refractivity contribution in [2.24, 2.45) is 0 Å². The van der Waals surface area contributed by atoms with E-state index in [1.165, 1.54) is 7.11 Å². The number of carbonyl (C=O) groups is 1. The van der Waals surface area contributed by atoms with Crippen molar-refractivity contribution in [2.75, 3.05) is 26.0 Å². The van der Waals surface area contributed by atoms with Crippen LogP contribution in [0.4, 0.5) is 5.69 Å². The fourth-order valence-electron chi connectivity index (χ4n) is 1.58. The van der Waals surface area contributed by atoms with Gasteiger partial charge in [-0.25, -0.2) is 0 Å². The molecule has 0 aliphatic carbocycles. The molecule has 1 aromatic carbocycles. The van der Waals surface area contributed by atoms with E-state index in [4.69, 9.17) is 15.2 Å². The van der Waals surface area contributed by atoms with Gasteiger partial charge in [-0.05, 0) is 32.0 Å². The predicted molar refractivity (Wildman–Crippen MR) is 70.8 cm³/mol. The summed E-state index contributed by atoms with van der Waals surface area (Å²) in [5, 5.41) is 2.79.